The van der Waals surface area contributed by atoms with Crippen molar-refractivity contribution in [2.24, 2.45) is 0 Å². The van der Waals surface area contributed by atoms with Gasteiger partial charge in [-0.3, -0.25) is 4.79 Å². The summed E-state index contributed by atoms with van der Waals surface area (Å²) in [6.45, 7) is 2.23. The van der Waals surface area contributed by atoms with Crippen LogP contribution in [0.1, 0.15) is 69.8 Å². The molecule has 0 saturated carbocycles. The van der Waals surface area contributed by atoms with Gasteiger partial charge in [0.25, 0.3) is 0 Å². The number of hydrogen-bond acceptors (Lipinski definition) is 2. The van der Waals surface area contributed by atoms with E-state index in [1.807, 2.05) is 24.3 Å². The summed E-state index contributed by atoms with van der Waals surface area (Å²) in [6.07, 6.45) is 9.43. The highest BCUT2D eigenvalue weighted by Crippen LogP contribution is 2.31. The number of hydrogen-bond donors (Lipinski definition) is 0. The maximum atomic E-state index is 12.2. The smallest absolute Gasteiger partial charge is 0.313 e. The molecule has 21 heavy (non-hydrogen) atoms. The number of benzene rings is 1. The Balaban J connectivity index is 1.77. The average Bonchev–Trinajstić information content (AvgIpc) is 2.48. The van der Waals surface area contributed by atoms with Gasteiger partial charge in [-0.2, -0.15) is 0 Å². The molecule has 1 fully saturated rings. The lowest BCUT2D eigenvalue weighted by Crippen LogP contribution is -2.29. The molecule has 0 amide bonds. The van der Waals surface area contributed by atoms with E-state index in [9.17, 15) is 4.79 Å². The maximum Gasteiger partial charge on any atom is 0.313 e. The van der Waals surface area contributed by atoms with Gasteiger partial charge in [0.05, 0.1) is 5.92 Å². The molecular weight excluding hydrogens is 328 g/mol. The van der Waals surface area contributed by atoms with E-state index in [1.54, 1.807) is 0 Å². The third kappa shape index (κ3) is 5.14. The van der Waals surface area contributed by atoms with Crippen LogP contribution in [-0.4, -0.2) is 12.1 Å². The summed E-state index contributed by atoms with van der Waals surface area (Å²) >= 11 is 3.42. The molecule has 0 N–H and O–H groups in total. The number of carbonyl (C=O) groups is 1. The predicted octanol–water partition coefficient (Wildman–Crippen LogP) is 5.60. The first-order chi connectivity index (χ1) is 10.2. The third-order valence-electron chi connectivity index (χ3n) is 4.25. The molecule has 1 saturated heterocycles. The van der Waals surface area contributed by atoms with Crippen molar-refractivity contribution in [1.29, 1.82) is 0 Å². The van der Waals surface area contributed by atoms with Crippen LogP contribution < -0.4 is 0 Å². The fourth-order valence-corrected chi connectivity index (χ4v) is 3.22. The van der Waals surface area contributed by atoms with Gasteiger partial charge in [0.15, 0.2) is 0 Å². The molecule has 1 aromatic carbocycles. The van der Waals surface area contributed by atoms with Crippen LogP contribution in [0.15, 0.2) is 28.7 Å². The van der Waals surface area contributed by atoms with Crippen LogP contribution in [0.3, 0.4) is 0 Å². The highest BCUT2D eigenvalue weighted by atomic mass is 79.9. The number of unbranched alkanes of at least 4 members (excludes halogenated alkanes) is 4. The Hall–Kier alpha value is -0.830. The zero-order valence-corrected chi connectivity index (χ0v) is 14.4. The Morgan fingerprint density at radius 2 is 1.81 bits per heavy atom. The first-order valence-electron chi connectivity index (χ1n) is 8.16. The van der Waals surface area contributed by atoms with Crippen LogP contribution in [0.4, 0.5) is 0 Å². The zero-order valence-electron chi connectivity index (χ0n) is 12.8. The van der Waals surface area contributed by atoms with Gasteiger partial charge in [-0.05, 0) is 43.4 Å². The maximum absolute atomic E-state index is 12.2. The van der Waals surface area contributed by atoms with E-state index < -0.39 is 0 Å². The topological polar surface area (TPSA) is 26.3 Å². The average molecular weight is 353 g/mol. The molecule has 0 aliphatic carbocycles. The van der Waals surface area contributed by atoms with Gasteiger partial charge in [-0.1, -0.05) is 60.7 Å². The molecule has 2 atom stereocenters. The van der Waals surface area contributed by atoms with E-state index in [4.69, 9.17) is 4.74 Å². The van der Waals surface area contributed by atoms with E-state index in [2.05, 4.69) is 22.9 Å². The summed E-state index contributed by atoms with van der Waals surface area (Å²) in [7, 11) is 0. The Morgan fingerprint density at radius 3 is 2.48 bits per heavy atom. The molecule has 116 valence electrons. The monoisotopic (exact) mass is 352 g/mol. The van der Waals surface area contributed by atoms with Crippen LogP contribution in [0.5, 0.6) is 0 Å². The molecule has 0 radical (unpaired) electrons. The normalized spacial score (nSPS) is 22.1. The minimum Gasteiger partial charge on any atom is -0.462 e. The molecule has 0 aromatic heterocycles. The van der Waals surface area contributed by atoms with Crippen LogP contribution in [0.2, 0.25) is 0 Å². The van der Waals surface area contributed by atoms with Crippen LogP contribution in [0.25, 0.3) is 0 Å². The molecule has 1 aliphatic heterocycles. The van der Waals surface area contributed by atoms with Gasteiger partial charge in [0.2, 0.25) is 0 Å². The van der Waals surface area contributed by atoms with Gasteiger partial charge >= 0.3 is 5.97 Å². The number of halogens is 1. The van der Waals surface area contributed by atoms with Crippen LogP contribution in [-0.2, 0) is 9.53 Å². The molecule has 0 bridgehead atoms. The van der Waals surface area contributed by atoms with Crippen molar-refractivity contribution in [3.05, 3.63) is 34.3 Å². The highest BCUT2D eigenvalue weighted by Gasteiger charge is 2.30. The van der Waals surface area contributed by atoms with Crippen LogP contribution in [0, 0.1) is 0 Å². The van der Waals surface area contributed by atoms with Crippen molar-refractivity contribution in [2.75, 3.05) is 0 Å². The van der Waals surface area contributed by atoms with Crippen molar-refractivity contribution in [3.8, 4) is 0 Å². The molecule has 1 aliphatic rings. The van der Waals surface area contributed by atoms with E-state index in [0.29, 0.717) is 0 Å². The lowest BCUT2D eigenvalue weighted by molar-refractivity contribution is -0.156. The number of rotatable bonds is 7. The summed E-state index contributed by atoms with van der Waals surface area (Å²) in [5, 5.41) is 0. The Labute approximate surface area is 136 Å². The number of carbonyl (C=O) groups excluding carboxylic acids is 1. The second-order valence-corrected chi connectivity index (χ2v) is 6.86. The summed E-state index contributed by atoms with van der Waals surface area (Å²) in [5.74, 6) is -0.114. The first kappa shape index (κ1) is 16.5. The minimum atomic E-state index is -0.0746. The molecule has 0 spiro atoms. The van der Waals surface area contributed by atoms with E-state index in [1.165, 1.54) is 32.1 Å². The zero-order chi connectivity index (χ0) is 15.1. The number of ether oxygens (including phenoxy) is 1. The summed E-state index contributed by atoms with van der Waals surface area (Å²) < 4.78 is 6.68. The van der Waals surface area contributed by atoms with Crippen LogP contribution >= 0.6 is 15.9 Å². The molecular formula is C18H25BrO2. The Morgan fingerprint density at radius 1 is 1.10 bits per heavy atom. The van der Waals surface area contributed by atoms with Crippen molar-refractivity contribution in [3.63, 3.8) is 0 Å². The van der Waals surface area contributed by atoms with Crippen molar-refractivity contribution in [1.82, 2.24) is 0 Å². The summed E-state index contributed by atoms with van der Waals surface area (Å²) in [5.41, 5.74) is 1.07. The third-order valence-corrected chi connectivity index (χ3v) is 4.78. The van der Waals surface area contributed by atoms with Gasteiger partial charge < -0.3 is 4.74 Å². The molecule has 2 nitrogen and oxygen atoms in total. The second kappa shape index (κ2) is 8.57. The van der Waals surface area contributed by atoms with Crippen molar-refractivity contribution >= 4 is 21.9 Å². The van der Waals surface area contributed by atoms with E-state index in [0.717, 1.165) is 29.3 Å². The van der Waals surface area contributed by atoms with E-state index >= 15 is 0 Å². The van der Waals surface area contributed by atoms with Gasteiger partial charge in [-0.25, -0.2) is 0 Å². The molecule has 3 heteroatoms. The quantitative estimate of drug-likeness (QED) is 0.471. The van der Waals surface area contributed by atoms with Crippen molar-refractivity contribution in [2.45, 2.75) is 70.3 Å². The second-order valence-electron chi connectivity index (χ2n) is 5.94. The lowest BCUT2D eigenvalue weighted by Gasteiger charge is -2.28. The lowest BCUT2D eigenvalue weighted by atomic mass is 9.89. The molecule has 2 rings (SSSR count). The fourth-order valence-electron chi connectivity index (χ4n) is 2.95. The Kier molecular flexibility index (Phi) is 6.75. The largest absolute Gasteiger partial charge is 0.462 e. The van der Waals surface area contributed by atoms with Gasteiger partial charge in [0, 0.05) is 4.47 Å². The van der Waals surface area contributed by atoms with Crippen molar-refractivity contribution < 1.29 is 9.53 Å². The number of esters is 1. The predicted molar refractivity (Wildman–Crippen MR) is 89.4 cm³/mol. The highest BCUT2D eigenvalue weighted by molar-refractivity contribution is 9.10. The Bertz CT molecular complexity index is 441. The molecule has 2 unspecified atom stereocenters. The summed E-state index contributed by atoms with van der Waals surface area (Å²) in [4.78, 5) is 12.2. The molecule has 1 heterocycles. The van der Waals surface area contributed by atoms with Gasteiger partial charge in [-0.15, -0.1) is 0 Å². The first-order valence-corrected chi connectivity index (χ1v) is 8.96. The standard InChI is InChI=1S/C18H25BrO2/c1-2-3-4-5-6-7-16-12-13-17(18(20)21-16)14-8-10-15(19)11-9-14/h8-11,16-17H,2-7,12-13H2,1H3. The molecule has 1 aromatic rings. The van der Waals surface area contributed by atoms with Gasteiger partial charge in [0.1, 0.15) is 6.10 Å². The fraction of sp³-hybridized carbons (Fsp3) is 0.611. The minimum absolute atomic E-state index is 0.0397. The SMILES string of the molecule is CCCCCCCC1CCC(c2ccc(Br)cc2)C(=O)O1. The number of cyclic esters (lactones) is 1. The van der Waals surface area contributed by atoms with E-state index in [-0.39, 0.29) is 18.0 Å². The summed E-state index contributed by atoms with van der Waals surface area (Å²) in [6, 6.07) is 8.01.